The van der Waals surface area contributed by atoms with E-state index in [4.69, 9.17) is 0 Å². The number of rotatable bonds is 5. The largest absolute Gasteiger partial charge is 0.349 e. The molecule has 0 aliphatic carbocycles. The smallest absolute Gasteiger partial charge is 0.308 e. The lowest BCUT2D eigenvalue weighted by Gasteiger charge is -2.46. The van der Waals surface area contributed by atoms with Gasteiger partial charge in [0.2, 0.25) is 0 Å². The number of hydrogen-bond donors (Lipinski definition) is 0. The second-order valence-corrected chi connectivity index (χ2v) is 12.0. The molecule has 102 valence electrons. The molecular weight excluding hydrogens is 235 g/mol. The lowest BCUT2D eigenvalue weighted by molar-refractivity contribution is 0.524. The normalized spacial score (nSPS) is 19.3. The molecule has 4 heteroatoms. The summed E-state index contributed by atoms with van der Waals surface area (Å²) in [6.07, 6.45) is 5.14. The molecule has 0 N–H and O–H groups in total. The van der Waals surface area contributed by atoms with E-state index in [2.05, 4.69) is 62.4 Å². The van der Waals surface area contributed by atoms with Gasteiger partial charge in [0.1, 0.15) is 8.24 Å². The maximum atomic E-state index is 3.93. The fraction of sp³-hybridized carbons (Fsp3) is 0.714. The molecule has 0 saturated carbocycles. The molecule has 1 aliphatic rings. The first kappa shape index (κ1) is 15.7. The summed E-state index contributed by atoms with van der Waals surface area (Å²) in [5, 5.41) is 0.399. The molecule has 0 unspecified atom stereocenters. The first-order valence-corrected chi connectivity index (χ1v) is 9.93. The molecule has 18 heavy (non-hydrogen) atoms. The summed E-state index contributed by atoms with van der Waals surface area (Å²) in [6.45, 7) is 23.9. The van der Waals surface area contributed by atoms with Crippen molar-refractivity contribution in [2.24, 2.45) is 0 Å². The lowest BCUT2D eigenvalue weighted by atomic mass is 9.72. The van der Waals surface area contributed by atoms with Crippen LogP contribution in [0.2, 0.25) is 24.5 Å². The third kappa shape index (κ3) is 2.98. The fourth-order valence-corrected chi connectivity index (χ4v) is 5.15. The van der Waals surface area contributed by atoms with Gasteiger partial charge in [-0.25, -0.2) is 0 Å². The van der Waals surface area contributed by atoms with Gasteiger partial charge in [-0.05, 0) is 17.9 Å². The molecule has 0 atom stereocenters. The van der Waals surface area contributed by atoms with Gasteiger partial charge in [0, 0.05) is 13.1 Å². The monoisotopic (exact) mass is 264 g/mol. The van der Waals surface area contributed by atoms with Gasteiger partial charge in [-0.2, -0.15) is 0 Å². The van der Waals surface area contributed by atoms with Crippen LogP contribution in [-0.4, -0.2) is 44.1 Å². The van der Waals surface area contributed by atoms with Gasteiger partial charge >= 0.3 is 6.98 Å². The minimum atomic E-state index is -1.43. The first-order valence-electron chi connectivity index (χ1n) is 6.98. The zero-order valence-electron chi connectivity index (χ0n) is 12.9. The van der Waals surface area contributed by atoms with Crippen molar-refractivity contribution in [3.63, 3.8) is 0 Å². The molecule has 1 saturated heterocycles. The molecular formula is C14H29BN2Si. The Morgan fingerprint density at radius 2 is 1.78 bits per heavy atom. The minimum Gasteiger partial charge on any atom is -0.349 e. The second kappa shape index (κ2) is 5.76. The fourth-order valence-electron chi connectivity index (χ4n) is 2.62. The summed E-state index contributed by atoms with van der Waals surface area (Å²) in [7, 11) is -1.43. The Kier molecular flexibility index (Phi) is 5.04. The van der Waals surface area contributed by atoms with Crippen molar-refractivity contribution >= 4 is 15.2 Å². The highest BCUT2D eigenvalue weighted by molar-refractivity contribution is 6.85. The number of nitrogens with zero attached hydrogens (tertiary/aromatic N) is 2. The summed E-state index contributed by atoms with van der Waals surface area (Å²) >= 11 is 0. The van der Waals surface area contributed by atoms with Crippen molar-refractivity contribution in [3.05, 3.63) is 25.3 Å². The van der Waals surface area contributed by atoms with Crippen LogP contribution in [0, 0.1) is 0 Å². The van der Waals surface area contributed by atoms with E-state index in [1.807, 2.05) is 6.08 Å². The predicted octanol–water partition coefficient (Wildman–Crippen LogP) is 3.47. The third-order valence-corrected chi connectivity index (χ3v) is 10.3. The van der Waals surface area contributed by atoms with Crippen LogP contribution in [0.25, 0.3) is 0 Å². The molecule has 0 aromatic rings. The molecule has 0 spiro atoms. The molecule has 1 fully saturated rings. The highest BCUT2D eigenvalue weighted by Gasteiger charge is 2.48. The van der Waals surface area contributed by atoms with Crippen LogP contribution in [0.4, 0.5) is 0 Å². The van der Waals surface area contributed by atoms with Gasteiger partial charge in [-0.15, -0.1) is 13.2 Å². The van der Waals surface area contributed by atoms with Gasteiger partial charge in [0.15, 0.2) is 0 Å². The van der Waals surface area contributed by atoms with Crippen molar-refractivity contribution in [1.29, 1.82) is 0 Å². The van der Waals surface area contributed by atoms with Gasteiger partial charge in [-0.1, -0.05) is 46.0 Å². The summed E-state index contributed by atoms with van der Waals surface area (Å²) in [6, 6.07) is 0. The Hall–Kier alpha value is -0.318. The summed E-state index contributed by atoms with van der Waals surface area (Å²) in [5.41, 5.74) is 0. The maximum absolute atomic E-state index is 3.93. The molecule has 0 bridgehead atoms. The van der Waals surface area contributed by atoms with Crippen molar-refractivity contribution in [2.75, 3.05) is 19.6 Å². The SMILES string of the molecule is C=CCB1N(CC=C)CCN1[Si](C)(C)C(C)(C)C. The van der Waals surface area contributed by atoms with Crippen LogP contribution in [0.5, 0.6) is 0 Å². The quantitative estimate of drug-likeness (QED) is 0.554. The predicted molar refractivity (Wildman–Crippen MR) is 86.4 cm³/mol. The average Bonchev–Trinajstić information content (AvgIpc) is 2.62. The van der Waals surface area contributed by atoms with Gasteiger partial charge < -0.3 is 9.29 Å². The van der Waals surface area contributed by atoms with Crippen molar-refractivity contribution in [1.82, 2.24) is 9.29 Å². The standard InChI is InChI=1S/C14H29BN2Si/c1-8-10-15-16(11-9-2)12-13-17(15)18(6,7)14(3,4)5/h8-9H,1-2,10-13H2,3-7H3. The van der Waals surface area contributed by atoms with Gasteiger partial charge in [-0.3, -0.25) is 0 Å². The van der Waals surface area contributed by atoms with E-state index in [-0.39, 0.29) is 0 Å². The Bertz CT molecular complexity index is 309. The van der Waals surface area contributed by atoms with E-state index < -0.39 is 8.24 Å². The van der Waals surface area contributed by atoms with Crippen LogP contribution in [0.1, 0.15) is 20.8 Å². The minimum absolute atomic E-state index is 0.399. The molecule has 0 aromatic heterocycles. The lowest BCUT2D eigenvalue weighted by Crippen LogP contribution is -2.60. The topological polar surface area (TPSA) is 6.48 Å². The van der Waals surface area contributed by atoms with E-state index in [1.54, 1.807) is 0 Å². The summed E-state index contributed by atoms with van der Waals surface area (Å²) in [5.74, 6) is 0. The Morgan fingerprint density at radius 1 is 1.17 bits per heavy atom. The van der Waals surface area contributed by atoms with Crippen LogP contribution in [-0.2, 0) is 0 Å². The second-order valence-electron chi connectivity index (χ2n) is 6.79. The average molecular weight is 264 g/mol. The Morgan fingerprint density at radius 3 is 2.22 bits per heavy atom. The maximum Gasteiger partial charge on any atom is 0.308 e. The molecule has 0 radical (unpaired) electrons. The number of allylic oxidation sites excluding steroid dienone is 1. The van der Waals surface area contributed by atoms with Gasteiger partial charge in [0.05, 0.1) is 0 Å². The zero-order valence-corrected chi connectivity index (χ0v) is 13.9. The molecule has 2 nitrogen and oxygen atoms in total. The molecule has 0 amide bonds. The molecule has 1 aliphatic heterocycles. The molecule has 0 aromatic carbocycles. The van der Waals surface area contributed by atoms with E-state index in [9.17, 15) is 0 Å². The van der Waals surface area contributed by atoms with E-state index >= 15 is 0 Å². The van der Waals surface area contributed by atoms with E-state index in [0.717, 1.165) is 19.4 Å². The van der Waals surface area contributed by atoms with Crippen molar-refractivity contribution in [2.45, 2.75) is 45.2 Å². The first-order chi connectivity index (χ1) is 8.25. The van der Waals surface area contributed by atoms with Crippen LogP contribution in [0.3, 0.4) is 0 Å². The van der Waals surface area contributed by atoms with Gasteiger partial charge in [0.25, 0.3) is 0 Å². The Balaban J connectivity index is 2.94. The Labute approximate surface area is 115 Å². The van der Waals surface area contributed by atoms with E-state index in [1.165, 1.54) is 6.54 Å². The van der Waals surface area contributed by atoms with Crippen LogP contribution < -0.4 is 0 Å². The highest BCUT2D eigenvalue weighted by atomic mass is 28.3. The van der Waals surface area contributed by atoms with Crippen molar-refractivity contribution < 1.29 is 0 Å². The third-order valence-electron chi connectivity index (χ3n) is 4.70. The zero-order chi connectivity index (χ0) is 14.0. The highest BCUT2D eigenvalue weighted by Crippen LogP contribution is 2.40. The van der Waals surface area contributed by atoms with E-state index in [0.29, 0.717) is 12.0 Å². The van der Waals surface area contributed by atoms with Crippen LogP contribution >= 0.6 is 0 Å². The molecule has 1 heterocycles. The summed E-state index contributed by atoms with van der Waals surface area (Å²) < 4.78 is 2.78. The van der Waals surface area contributed by atoms with Crippen LogP contribution in [0.15, 0.2) is 25.3 Å². The molecule has 1 rings (SSSR count). The number of hydrogen-bond acceptors (Lipinski definition) is 2. The van der Waals surface area contributed by atoms with Crippen molar-refractivity contribution in [3.8, 4) is 0 Å². The summed E-state index contributed by atoms with van der Waals surface area (Å²) in [4.78, 5) is 2.54.